The van der Waals surface area contributed by atoms with Crippen molar-refractivity contribution in [2.24, 2.45) is 0 Å². The molecule has 0 aliphatic rings. The highest BCUT2D eigenvalue weighted by Gasteiger charge is 2.77. The van der Waals surface area contributed by atoms with Crippen molar-refractivity contribution in [3.8, 4) is 0 Å². The molecule has 0 saturated carbocycles. The first kappa shape index (κ1) is 30.8. The van der Waals surface area contributed by atoms with E-state index in [1.807, 2.05) is 0 Å². The van der Waals surface area contributed by atoms with Gasteiger partial charge in [0.05, 0.1) is 0 Å². The molecule has 36 heavy (non-hydrogen) atoms. The van der Waals surface area contributed by atoms with Crippen molar-refractivity contribution in [1.29, 1.82) is 0 Å². The maximum Gasteiger partial charge on any atom is 0.449 e. The molecule has 1 aromatic rings. The summed E-state index contributed by atoms with van der Waals surface area (Å²) in [4.78, 5) is 22.5. The summed E-state index contributed by atoms with van der Waals surface area (Å²) in [6, 6.07) is -2.10. The zero-order valence-electron chi connectivity index (χ0n) is 17.9. The maximum atomic E-state index is 14.9. The van der Waals surface area contributed by atoms with Gasteiger partial charge >= 0.3 is 47.8 Å². The van der Waals surface area contributed by atoms with Crippen LogP contribution >= 0.6 is 0 Å². The normalized spacial score (nSPS) is 16.4. The standard InChI is InChI=1S/C20H14F12O4/c1-9(2)13(33)35-19(29,30)15(21,17(23,24)25)11-5-7-12(8-6-11)16(22,18(26,27)28)20(31,32)36-14(34)10(3)4/h5-8H,1,3H2,2,4H3. The van der Waals surface area contributed by atoms with Gasteiger partial charge in [-0.25, -0.2) is 18.4 Å². The Labute approximate surface area is 194 Å². The van der Waals surface area contributed by atoms with Crippen molar-refractivity contribution in [3.63, 3.8) is 0 Å². The van der Waals surface area contributed by atoms with Gasteiger partial charge in [-0.1, -0.05) is 37.4 Å². The van der Waals surface area contributed by atoms with Gasteiger partial charge in [0.25, 0.3) is 0 Å². The number of rotatable bonds is 8. The third-order valence-corrected chi connectivity index (χ3v) is 4.40. The van der Waals surface area contributed by atoms with Crippen molar-refractivity contribution in [3.05, 3.63) is 59.7 Å². The predicted molar refractivity (Wildman–Crippen MR) is 95.8 cm³/mol. The van der Waals surface area contributed by atoms with Crippen LogP contribution in [0, 0.1) is 0 Å². The SMILES string of the molecule is C=C(C)C(=O)OC(F)(F)C(F)(c1ccc(C(F)(C(F)(F)F)C(F)(F)OC(=O)C(=C)C)cc1)C(F)(F)F. The van der Waals surface area contributed by atoms with Crippen LogP contribution in [0.15, 0.2) is 48.6 Å². The number of hydrogen-bond acceptors (Lipinski definition) is 4. The fraction of sp³-hybridized carbons (Fsp3) is 0.400. The van der Waals surface area contributed by atoms with E-state index in [0.717, 1.165) is 0 Å². The Bertz CT molecular complexity index is 959. The van der Waals surface area contributed by atoms with Crippen LogP contribution in [0.4, 0.5) is 52.7 Å². The number of hydrogen-bond donors (Lipinski definition) is 0. The Morgan fingerprint density at radius 2 is 0.806 bits per heavy atom. The molecule has 0 bridgehead atoms. The van der Waals surface area contributed by atoms with Crippen LogP contribution < -0.4 is 0 Å². The van der Waals surface area contributed by atoms with Gasteiger partial charge in [0.15, 0.2) is 0 Å². The monoisotopic (exact) mass is 546 g/mol. The number of carbonyl (C=O) groups is 2. The number of carbonyl (C=O) groups excluding carboxylic acids is 2. The second-order valence-electron chi connectivity index (χ2n) is 7.26. The molecule has 0 aliphatic carbocycles. The highest BCUT2D eigenvalue weighted by molar-refractivity contribution is 5.87. The summed E-state index contributed by atoms with van der Waals surface area (Å²) in [5.41, 5.74) is -18.2. The lowest BCUT2D eigenvalue weighted by Crippen LogP contribution is -2.55. The Hall–Kier alpha value is -3.20. The summed E-state index contributed by atoms with van der Waals surface area (Å²) in [6.45, 7) is 7.02. The maximum absolute atomic E-state index is 14.9. The van der Waals surface area contributed by atoms with Gasteiger partial charge in [-0.15, -0.1) is 0 Å². The summed E-state index contributed by atoms with van der Waals surface area (Å²) in [7, 11) is 0. The summed E-state index contributed by atoms with van der Waals surface area (Å²) in [6.07, 6.45) is -25.4. The third kappa shape index (κ3) is 5.16. The Morgan fingerprint density at radius 3 is 0.972 bits per heavy atom. The van der Waals surface area contributed by atoms with E-state index in [1.165, 1.54) is 0 Å². The second-order valence-corrected chi connectivity index (χ2v) is 7.26. The Morgan fingerprint density at radius 1 is 0.583 bits per heavy atom. The molecule has 202 valence electrons. The number of benzene rings is 1. The minimum Gasteiger partial charge on any atom is -0.394 e. The molecule has 0 heterocycles. The smallest absolute Gasteiger partial charge is 0.394 e. The minimum atomic E-state index is -6.62. The van der Waals surface area contributed by atoms with E-state index >= 15 is 0 Å². The second kappa shape index (κ2) is 9.35. The molecule has 0 aromatic heterocycles. The van der Waals surface area contributed by atoms with E-state index in [2.05, 4.69) is 22.6 Å². The van der Waals surface area contributed by atoms with Gasteiger partial charge in [-0.2, -0.15) is 43.9 Å². The van der Waals surface area contributed by atoms with Gasteiger partial charge in [0, 0.05) is 22.3 Å². The van der Waals surface area contributed by atoms with Crippen LogP contribution in [-0.4, -0.2) is 36.5 Å². The van der Waals surface area contributed by atoms with Gasteiger partial charge < -0.3 is 9.47 Å². The minimum absolute atomic E-state index is 0.526. The van der Waals surface area contributed by atoms with E-state index in [1.54, 1.807) is 0 Å². The summed E-state index contributed by atoms with van der Waals surface area (Å²) >= 11 is 0. The molecule has 0 amide bonds. The van der Waals surface area contributed by atoms with Crippen molar-refractivity contribution >= 4 is 11.9 Å². The lowest BCUT2D eigenvalue weighted by Gasteiger charge is -2.35. The molecular formula is C20H14F12O4. The fourth-order valence-electron chi connectivity index (χ4n) is 2.47. The predicted octanol–water partition coefficient (Wildman–Crippen LogP) is 6.57. The lowest BCUT2D eigenvalue weighted by molar-refractivity contribution is -0.378. The van der Waals surface area contributed by atoms with Gasteiger partial charge in [-0.05, 0) is 13.8 Å². The van der Waals surface area contributed by atoms with E-state index in [-0.39, 0.29) is 0 Å². The molecule has 0 spiro atoms. The zero-order valence-corrected chi connectivity index (χ0v) is 17.9. The molecule has 0 radical (unpaired) electrons. The van der Waals surface area contributed by atoms with Crippen LogP contribution in [-0.2, 0) is 30.4 Å². The quantitative estimate of drug-likeness (QED) is 0.211. The van der Waals surface area contributed by atoms with Crippen LogP contribution in [0.5, 0.6) is 0 Å². The molecule has 0 N–H and O–H groups in total. The van der Waals surface area contributed by atoms with E-state index < -0.39 is 94.4 Å². The van der Waals surface area contributed by atoms with E-state index in [0.29, 0.717) is 13.8 Å². The van der Waals surface area contributed by atoms with Crippen molar-refractivity contribution < 1.29 is 71.7 Å². The largest absolute Gasteiger partial charge is 0.449 e. The summed E-state index contributed by atoms with van der Waals surface area (Å²) in [5, 5.41) is 0. The number of halogens is 12. The molecule has 0 aliphatic heterocycles. The topological polar surface area (TPSA) is 52.6 Å². The average Bonchev–Trinajstić information content (AvgIpc) is 2.69. The van der Waals surface area contributed by atoms with Crippen LogP contribution in [0.1, 0.15) is 25.0 Å². The van der Waals surface area contributed by atoms with E-state index in [4.69, 9.17) is 0 Å². The molecule has 4 nitrogen and oxygen atoms in total. The van der Waals surface area contributed by atoms with Gasteiger partial charge in [0.2, 0.25) is 0 Å². The number of alkyl halides is 12. The first-order valence-corrected chi connectivity index (χ1v) is 9.02. The summed E-state index contributed by atoms with van der Waals surface area (Å²) in [5.74, 6) is -4.39. The number of esters is 2. The van der Waals surface area contributed by atoms with Gasteiger partial charge in [-0.3, -0.25) is 0 Å². The highest BCUT2D eigenvalue weighted by Crippen LogP contribution is 2.56. The molecule has 16 heteroatoms. The summed E-state index contributed by atoms with van der Waals surface area (Å²) < 4.78 is 173. The van der Waals surface area contributed by atoms with Crippen LogP contribution in [0.3, 0.4) is 0 Å². The van der Waals surface area contributed by atoms with Crippen molar-refractivity contribution in [2.75, 3.05) is 0 Å². The Kier molecular flexibility index (Phi) is 8.01. The first-order valence-electron chi connectivity index (χ1n) is 9.02. The molecule has 1 aromatic carbocycles. The highest BCUT2D eigenvalue weighted by atomic mass is 19.4. The van der Waals surface area contributed by atoms with Crippen LogP contribution in [0.2, 0.25) is 0 Å². The molecule has 2 unspecified atom stereocenters. The molecule has 0 fully saturated rings. The van der Waals surface area contributed by atoms with E-state index in [9.17, 15) is 62.3 Å². The molecule has 1 rings (SSSR count). The fourth-order valence-corrected chi connectivity index (χ4v) is 2.47. The molecule has 2 atom stereocenters. The molecular weight excluding hydrogens is 532 g/mol. The average molecular weight is 546 g/mol. The molecule has 0 saturated heterocycles. The number of ether oxygens (including phenoxy) is 2. The first-order chi connectivity index (χ1) is 15.9. The Balaban J connectivity index is 3.74. The van der Waals surface area contributed by atoms with Gasteiger partial charge in [0.1, 0.15) is 0 Å². The van der Waals surface area contributed by atoms with Crippen molar-refractivity contribution in [1.82, 2.24) is 0 Å². The van der Waals surface area contributed by atoms with Crippen LogP contribution in [0.25, 0.3) is 0 Å². The zero-order chi connectivity index (χ0) is 28.7. The third-order valence-electron chi connectivity index (χ3n) is 4.40. The van der Waals surface area contributed by atoms with Crippen molar-refractivity contribution in [2.45, 2.75) is 49.8 Å². The lowest BCUT2D eigenvalue weighted by atomic mass is 9.88.